The summed E-state index contributed by atoms with van der Waals surface area (Å²) in [5, 5.41) is 0. The van der Waals surface area contributed by atoms with Gasteiger partial charge in [-0.25, -0.2) is 0 Å². The fourth-order valence-electron chi connectivity index (χ4n) is 1.21. The van der Waals surface area contributed by atoms with Crippen LogP contribution >= 0.6 is 46.6 Å². The van der Waals surface area contributed by atoms with E-state index in [0.29, 0.717) is 0 Å². The van der Waals surface area contributed by atoms with Gasteiger partial charge in [0.25, 0.3) is 0 Å². The van der Waals surface area contributed by atoms with Crippen LogP contribution in [0, 0.1) is 0 Å². The van der Waals surface area contributed by atoms with Crippen molar-refractivity contribution in [2.45, 2.75) is 35.6 Å². The quantitative estimate of drug-likeness (QED) is 0.209. The molecule has 0 aromatic heterocycles. The maximum Gasteiger partial charge on any atom is 0.00864 e. The Kier molecular flexibility index (Phi) is 177. The number of hydrogen-bond acceptors (Lipinski definition) is 0. The molecule has 32 heavy (non-hydrogen) atoms. The van der Waals surface area contributed by atoms with Crippen LogP contribution in [0.5, 0.6) is 0 Å². The van der Waals surface area contributed by atoms with E-state index in [1.807, 2.05) is 0 Å². The van der Waals surface area contributed by atoms with E-state index in [0.717, 1.165) is 0 Å². The third kappa shape index (κ3) is 83.3. The van der Waals surface area contributed by atoms with Crippen molar-refractivity contribution in [3.63, 3.8) is 0 Å². The average molecular weight is 1440 g/mol. The summed E-state index contributed by atoms with van der Waals surface area (Å²) in [7, 11) is 3.27. The molecule has 0 nitrogen and oxygen atoms in total. The Morgan fingerprint density at radius 3 is 1.16 bits per heavy atom. The molecule has 5 radical (unpaired) electrons. The summed E-state index contributed by atoms with van der Waals surface area (Å²) >= 11 is 0. The van der Waals surface area contributed by atoms with Gasteiger partial charge in [-0.3, -0.25) is 0 Å². The average Bonchev–Trinajstić information content (AvgIpc) is 2.47. The van der Waals surface area contributed by atoms with Crippen LogP contribution < -0.4 is 0 Å². The van der Waals surface area contributed by atoms with Gasteiger partial charge in [0.15, 0.2) is 0 Å². The second kappa shape index (κ2) is 67.6. The van der Waals surface area contributed by atoms with Crippen molar-refractivity contribution >= 4 is 84.4 Å². The summed E-state index contributed by atoms with van der Waals surface area (Å²) in [6, 6.07) is 0. The Labute approximate surface area is 380 Å². The van der Waals surface area contributed by atoms with E-state index >= 15 is 0 Å². The Bertz CT molecular complexity index is 419. The second-order valence-corrected chi connectivity index (χ2v) is 18.6. The molecule has 0 N–H and O–H groups in total. The molecule has 0 saturated heterocycles. The minimum Gasteiger partial charge on any atom is -0.121 e. The van der Waals surface area contributed by atoms with Crippen molar-refractivity contribution in [1.29, 1.82) is 0 Å². The van der Waals surface area contributed by atoms with E-state index in [1.165, 1.54) is 60.8 Å². The first-order valence-electron chi connectivity index (χ1n) is 7.54. The molecule has 0 heterocycles. The van der Waals surface area contributed by atoms with E-state index in [2.05, 4.69) is 65.2 Å². The summed E-state index contributed by atoms with van der Waals surface area (Å²) < 4.78 is 0. The summed E-state index contributed by atoms with van der Waals surface area (Å²) in [5.74, 6) is 3.80. The van der Waals surface area contributed by atoms with Gasteiger partial charge in [0.2, 0.25) is 0 Å². The van der Waals surface area contributed by atoms with Crippen molar-refractivity contribution in [1.82, 2.24) is 0 Å². The molecule has 0 amide bonds. The second-order valence-electron chi connectivity index (χ2n) is 5.27. The molecule has 3 atom stereocenters. The zero-order valence-corrected chi connectivity index (χ0v) is 48.0. The Hall–Kier alpha value is 8.99. The van der Waals surface area contributed by atoms with Crippen molar-refractivity contribution in [2.24, 2.45) is 0 Å². The molecule has 0 saturated carbocycles. The van der Waals surface area contributed by atoms with Crippen LogP contribution in [-0.2, 0) is 227 Å². The zero-order valence-electron chi connectivity index (χ0n) is 19.4. The molecule has 0 spiro atoms. The largest absolute Gasteiger partial charge is 0.121 e. The maximum atomic E-state index is 4.30. The number of rotatable bonds is 9. The maximum absolute atomic E-state index is 4.30. The molecule has 0 bridgehead atoms. The SMILES string of the molecule is C.C.C=PCC.C=PCP(=C)(C)C[PH](=C)CC.C=PC[PH](=C)CC.[W].[W].[W].[Y].[Y].[Y].[Y].[Y]. The predicted octanol–water partition coefficient (Wildman–Crippen LogP) is 7.65. The van der Waals surface area contributed by atoms with Gasteiger partial charge in [0, 0.05) is 239 Å². The smallest absolute Gasteiger partial charge is 0.00864 e. The van der Waals surface area contributed by atoms with Crippen LogP contribution in [0.2, 0.25) is 0 Å². The fraction of sp³-hybridized carbons (Fsp3) is 0.667. The molecule has 0 aliphatic rings. The summed E-state index contributed by atoms with van der Waals surface area (Å²) in [4.78, 5) is 0. The van der Waals surface area contributed by atoms with Gasteiger partial charge in [-0.1, -0.05) is 60.8 Å². The first-order valence-corrected chi connectivity index (χ1v) is 18.4. The third-order valence-corrected chi connectivity index (χ3v) is 16.1. The van der Waals surface area contributed by atoms with Crippen LogP contribution in [0.4, 0.5) is 0 Å². The van der Waals surface area contributed by atoms with Crippen LogP contribution in [-0.4, -0.2) is 80.7 Å². The summed E-state index contributed by atoms with van der Waals surface area (Å²) in [5.41, 5.74) is 0. The minimum absolute atomic E-state index is 0. The summed E-state index contributed by atoms with van der Waals surface area (Å²) in [6.45, 7) is 8.02. The molecular formula is C18H46P6W3Y5. The molecular weight excluding hydrogens is 1400 g/mol. The molecule has 0 aliphatic carbocycles. The molecule has 0 fully saturated rings. The molecule has 0 aromatic rings. The Morgan fingerprint density at radius 2 is 1.00 bits per heavy atom. The molecule has 181 valence electrons. The predicted molar refractivity (Wildman–Crippen MR) is 153 cm³/mol. The van der Waals surface area contributed by atoms with Gasteiger partial charge in [-0.2, -0.15) is 0 Å². The normalized spacial score (nSPS) is 10.9. The van der Waals surface area contributed by atoms with E-state index in [-0.39, 0.29) is 257 Å². The molecule has 14 heteroatoms. The molecule has 0 aliphatic heterocycles. The van der Waals surface area contributed by atoms with Crippen molar-refractivity contribution in [3.05, 3.63) is 0 Å². The molecule has 0 aromatic carbocycles. The van der Waals surface area contributed by atoms with Gasteiger partial charge >= 0.3 is 0 Å². The fourth-order valence-corrected chi connectivity index (χ4v) is 11.8. The van der Waals surface area contributed by atoms with Crippen molar-refractivity contribution in [3.8, 4) is 0 Å². The van der Waals surface area contributed by atoms with Crippen molar-refractivity contribution in [2.75, 3.05) is 42.9 Å². The van der Waals surface area contributed by atoms with Crippen LogP contribution in [0.3, 0.4) is 0 Å². The van der Waals surface area contributed by atoms with Gasteiger partial charge in [0.05, 0.1) is 0 Å². The number of hydrogen-bond donors (Lipinski definition) is 0. The monoisotopic (exact) mass is 1440 g/mol. The standard InChI is InChI=1S/C8H19P3.C5H12P2.C3H7P.2CH4.3W.5Y/c1-6-10(3)8-11(4,5)7-9-2;1-4-7(3)5-6-2;1-3-4-2;;;;;;;;;;/h10H,2-4,6-8H2,1,5H3;7H,2-5H2,1H3;2-3H2,1H3;2*1H4;;;;;;;;. The van der Waals surface area contributed by atoms with E-state index < -0.39 is 6.89 Å². The Balaban J connectivity index is -0.0000000142. The van der Waals surface area contributed by atoms with Crippen LogP contribution in [0.25, 0.3) is 0 Å². The third-order valence-electron chi connectivity index (χ3n) is 2.61. The summed E-state index contributed by atoms with van der Waals surface area (Å²) in [6.07, 6.45) is 27.4. The topological polar surface area (TPSA) is 0 Å². The van der Waals surface area contributed by atoms with Crippen LogP contribution in [0.1, 0.15) is 35.6 Å². The van der Waals surface area contributed by atoms with Gasteiger partial charge < -0.3 is 0 Å². The minimum atomic E-state index is -0.857. The zero-order chi connectivity index (χ0) is 18.0. The Morgan fingerprint density at radius 1 is 0.688 bits per heavy atom. The van der Waals surface area contributed by atoms with Crippen LogP contribution in [0.15, 0.2) is 0 Å². The van der Waals surface area contributed by atoms with Gasteiger partial charge in [0.1, 0.15) is 0 Å². The van der Waals surface area contributed by atoms with Crippen molar-refractivity contribution < 1.29 is 227 Å². The van der Waals surface area contributed by atoms with Gasteiger partial charge in [-0.15, -0.1) is 59.2 Å². The first-order chi connectivity index (χ1) is 10.2. The van der Waals surface area contributed by atoms with E-state index in [4.69, 9.17) is 0 Å². The van der Waals surface area contributed by atoms with E-state index in [1.54, 1.807) is 0 Å². The van der Waals surface area contributed by atoms with Gasteiger partial charge in [-0.05, 0) is 31.1 Å². The first kappa shape index (κ1) is 83.7. The van der Waals surface area contributed by atoms with E-state index in [9.17, 15) is 0 Å². The molecule has 0 rings (SSSR count). The molecule has 3 unspecified atom stereocenters.